The van der Waals surface area contributed by atoms with Crippen LogP contribution in [0.25, 0.3) is 0 Å². The van der Waals surface area contributed by atoms with Crippen LogP contribution in [0.5, 0.6) is 5.75 Å². The van der Waals surface area contributed by atoms with Gasteiger partial charge in [0, 0.05) is 25.0 Å². The van der Waals surface area contributed by atoms with Crippen molar-refractivity contribution in [1.82, 2.24) is 9.97 Å². The first-order valence-electron chi connectivity index (χ1n) is 9.39. The number of hydrogen-bond acceptors (Lipinski definition) is 5. The predicted molar refractivity (Wildman–Crippen MR) is 109 cm³/mol. The highest BCUT2D eigenvalue weighted by Gasteiger charge is 2.19. The molecule has 0 radical (unpaired) electrons. The SMILES string of the molecule is COc1ccccc1CCNc1ccnc(N2CCCc3ccccc32)n1. The molecular formula is C22H24N4O. The zero-order valence-electron chi connectivity index (χ0n) is 15.6. The number of nitrogens with zero attached hydrogens (tertiary/aromatic N) is 3. The third-order valence-corrected chi connectivity index (χ3v) is 4.89. The van der Waals surface area contributed by atoms with Crippen LogP contribution in [-0.2, 0) is 12.8 Å². The predicted octanol–water partition coefficient (Wildman–Crippen LogP) is 4.22. The summed E-state index contributed by atoms with van der Waals surface area (Å²) in [5, 5.41) is 3.41. The van der Waals surface area contributed by atoms with Crippen LogP contribution in [-0.4, -0.2) is 30.2 Å². The van der Waals surface area contributed by atoms with E-state index in [1.165, 1.54) is 16.8 Å². The molecule has 3 aromatic rings. The third kappa shape index (κ3) is 3.87. The van der Waals surface area contributed by atoms with Gasteiger partial charge in [-0.2, -0.15) is 4.98 Å². The molecule has 0 aliphatic carbocycles. The molecule has 4 rings (SSSR count). The molecule has 0 bridgehead atoms. The van der Waals surface area contributed by atoms with E-state index in [-0.39, 0.29) is 0 Å². The van der Waals surface area contributed by atoms with Gasteiger partial charge in [-0.3, -0.25) is 0 Å². The first-order valence-corrected chi connectivity index (χ1v) is 9.39. The molecule has 5 nitrogen and oxygen atoms in total. The van der Waals surface area contributed by atoms with Gasteiger partial charge >= 0.3 is 0 Å². The Kier molecular flexibility index (Phi) is 5.19. The van der Waals surface area contributed by atoms with E-state index in [4.69, 9.17) is 9.72 Å². The van der Waals surface area contributed by atoms with Gasteiger partial charge in [0.15, 0.2) is 0 Å². The molecule has 1 N–H and O–H groups in total. The van der Waals surface area contributed by atoms with Crippen molar-refractivity contribution in [2.45, 2.75) is 19.3 Å². The van der Waals surface area contributed by atoms with E-state index >= 15 is 0 Å². The molecule has 0 spiro atoms. The molecule has 27 heavy (non-hydrogen) atoms. The summed E-state index contributed by atoms with van der Waals surface area (Å²) < 4.78 is 5.42. The molecule has 0 saturated carbocycles. The Labute approximate surface area is 160 Å². The van der Waals surface area contributed by atoms with Crippen LogP contribution in [0.2, 0.25) is 0 Å². The van der Waals surface area contributed by atoms with Gasteiger partial charge in [-0.15, -0.1) is 0 Å². The summed E-state index contributed by atoms with van der Waals surface area (Å²) in [5.41, 5.74) is 3.77. The van der Waals surface area contributed by atoms with Crippen molar-refractivity contribution in [3.8, 4) is 5.75 Å². The zero-order chi connectivity index (χ0) is 18.5. The van der Waals surface area contributed by atoms with E-state index in [0.29, 0.717) is 0 Å². The molecule has 2 heterocycles. The van der Waals surface area contributed by atoms with Crippen LogP contribution in [0.4, 0.5) is 17.5 Å². The minimum atomic E-state index is 0.754. The van der Waals surface area contributed by atoms with Crippen LogP contribution < -0.4 is 15.0 Å². The molecule has 1 aliphatic rings. The Morgan fingerprint density at radius 3 is 2.85 bits per heavy atom. The lowest BCUT2D eigenvalue weighted by Gasteiger charge is -2.29. The summed E-state index contributed by atoms with van der Waals surface area (Å²) in [6.07, 6.45) is 4.93. The van der Waals surface area contributed by atoms with E-state index in [0.717, 1.165) is 49.9 Å². The number of fused-ring (bicyclic) bond motifs is 1. The van der Waals surface area contributed by atoms with Crippen molar-refractivity contribution in [3.05, 3.63) is 71.9 Å². The fourth-order valence-corrected chi connectivity index (χ4v) is 3.55. The number of aromatic nitrogens is 2. The van der Waals surface area contributed by atoms with Gasteiger partial charge in [0.05, 0.1) is 7.11 Å². The van der Waals surface area contributed by atoms with Gasteiger partial charge in [0.25, 0.3) is 0 Å². The van der Waals surface area contributed by atoms with Crippen LogP contribution in [0.1, 0.15) is 17.5 Å². The second-order valence-corrected chi connectivity index (χ2v) is 6.61. The van der Waals surface area contributed by atoms with Crippen molar-refractivity contribution < 1.29 is 4.74 Å². The quantitative estimate of drug-likeness (QED) is 0.713. The second kappa shape index (κ2) is 8.08. The number of nitrogens with one attached hydrogen (secondary N) is 1. The van der Waals surface area contributed by atoms with Crippen LogP contribution in [0.15, 0.2) is 60.8 Å². The summed E-state index contributed by atoms with van der Waals surface area (Å²) in [5.74, 6) is 2.52. The Morgan fingerprint density at radius 1 is 1.07 bits per heavy atom. The largest absolute Gasteiger partial charge is 0.496 e. The molecule has 0 amide bonds. The smallest absolute Gasteiger partial charge is 0.231 e. The van der Waals surface area contributed by atoms with E-state index in [1.807, 2.05) is 30.5 Å². The zero-order valence-corrected chi connectivity index (χ0v) is 15.6. The Morgan fingerprint density at radius 2 is 1.93 bits per heavy atom. The number of aryl methyl sites for hydroxylation is 1. The van der Waals surface area contributed by atoms with Gasteiger partial charge in [0.1, 0.15) is 11.6 Å². The average molecular weight is 360 g/mol. The number of methoxy groups -OCH3 is 1. The molecule has 5 heteroatoms. The maximum atomic E-state index is 5.42. The molecule has 0 atom stereocenters. The summed E-state index contributed by atoms with van der Waals surface area (Å²) in [7, 11) is 1.71. The fraction of sp³-hybridized carbons (Fsp3) is 0.273. The van der Waals surface area contributed by atoms with Crippen molar-refractivity contribution in [3.63, 3.8) is 0 Å². The van der Waals surface area contributed by atoms with Crippen LogP contribution in [0, 0.1) is 0 Å². The number of para-hydroxylation sites is 2. The average Bonchev–Trinajstić information content (AvgIpc) is 2.74. The molecule has 0 unspecified atom stereocenters. The standard InChI is InChI=1S/C22H24N4O/c1-27-20-11-5-3-8-18(20)12-14-23-21-13-15-24-22(25-21)26-16-6-9-17-7-2-4-10-19(17)26/h2-5,7-8,10-11,13,15H,6,9,12,14,16H2,1H3,(H,23,24,25). The Hall–Kier alpha value is -3.08. The highest BCUT2D eigenvalue weighted by atomic mass is 16.5. The lowest BCUT2D eigenvalue weighted by molar-refractivity contribution is 0.410. The molecule has 0 fully saturated rings. The van der Waals surface area contributed by atoms with E-state index < -0.39 is 0 Å². The van der Waals surface area contributed by atoms with Gasteiger partial charge < -0.3 is 15.0 Å². The van der Waals surface area contributed by atoms with Crippen molar-refractivity contribution >= 4 is 17.5 Å². The minimum absolute atomic E-state index is 0.754. The molecule has 1 aromatic heterocycles. The monoisotopic (exact) mass is 360 g/mol. The van der Waals surface area contributed by atoms with E-state index in [9.17, 15) is 0 Å². The molecular weight excluding hydrogens is 336 g/mol. The topological polar surface area (TPSA) is 50.3 Å². The lowest BCUT2D eigenvalue weighted by Crippen LogP contribution is -2.26. The third-order valence-electron chi connectivity index (χ3n) is 4.89. The number of benzene rings is 2. The summed E-state index contributed by atoms with van der Waals surface area (Å²) in [6.45, 7) is 1.73. The van der Waals surface area contributed by atoms with Gasteiger partial charge in [-0.05, 0) is 48.6 Å². The molecule has 1 aliphatic heterocycles. The fourth-order valence-electron chi connectivity index (χ4n) is 3.55. The number of anilines is 3. The maximum Gasteiger partial charge on any atom is 0.231 e. The van der Waals surface area contributed by atoms with Crippen molar-refractivity contribution in [2.24, 2.45) is 0 Å². The van der Waals surface area contributed by atoms with Crippen molar-refractivity contribution in [1.29, 1.82) is 0 Å². The van der Waals surface area contributed by atoms with Crippen molar-refractivity contribution in [2.75, 3.05) is 30.4 Å². The summed E-state index contributed by atoms with van der Waals surface area (Å²) in [4.78, 5) is 11.5. The first-order chi connectivity index (χ1) is 13.3. The maximum absolute atomic E-state index is 5.42. The van der Waals surface area contributed by atoms with Gasteiger partial charge in [-0.25, -0.2) is 4.98 Å². The molecule has 138 valence electrons. The first kappa shape index (κ1) is 17.3. The summed E-state index contributed by atoms with van der Waals surface area (Å²) >= 11 is 0. The van der Waals surface area contributed by atoms with Crippen LogP contribution >= 0.6 is 0 Å². The highest BCUT2D eigenvalue weighted by molar-refractivity contribution is 5.64. The lowest BCUT2D eigenvalue weighted by atomic mass is 10.0. The highest BCUT2D eigenvalue weighted by Crippen LogP contribution is 2.31. The second-order valence-electron chi connectivity index (χ2n) is 6.61. The molecule has 2 aromatic carbocycles. The Bertz CT molecular complexity index is 912. The Balaban J connectivity index is 1.46. The van der Waals surface area contributed by atoms with Crippen LogP contribution in [0.3, 0.4) is 0 Å². The van der Waals surface area contributed by atoms with Gasteiger partial charge in [-0.1, -0.05) is 36.4 Å². The summed E-state index contributed by atoms with van der Waals surface area (Å²) in [6, 6.07) is 18.5. The normalized spacial score (nSPS) is 13.1. The number of rotatable bonds is 6. The number of ether oxygens (including phenoxy) is 1. The molecule has 0 saturated heterocycles. The van der Waals surface area contributed by atoms with E-state index in [1.54, 1.807) is 7.11 Å². The minimum Gasteiger partial charge on any atom is -0.496 e. The van der Waals surface area contributed by atoms with E-state index in [2.05, 4.69) is 45.5 Å². The number of hydrogen-bond donors (Lipinski definition) is 1. The van der Waals surface area contributed by atoms with Gasteiger partial charge in [0.2, 0.25) is 5.95 Å².